The maximum Gasteiger partial charge on any atom is 0.410 e. The quantitative estimate of drug-likeness (QED) is 0.775. The number of nitrogens with one attached hydrogen (secondary N) is 1. The number of ether oxygens (including phenoxy) is 1. The van der Waals surface area contributed by atoms with Gasteiger partial charge in [-0.1, -0.05) is 13.8 Å². The Hall–Kier alpha value is -0.770. The Bertz CT molecular complexity index is 268. The summed E-state index contributed by atoms with van der Waals surface area (Å²) in [6.45, 7) is 8.72. The highest BCUT2D eigenvalue weighted by molar-refractivity contribution is 5.69. The van der Waals surface area contributed by atoms with Crippen molar-refractivity contribution in [2.45, 2.75) is 39.3 Å². The SMILES string of the molecule is CC(C)COC(=O)N1[C@@H]2CNC[C@H]2C[C@@H]1C. The third kappa shape index (κ3) is 2.17. The van der Waals surface area contributed by atoms with Gasteiger partial charge in [0.1, 0.15) is 0 Å². The number of hydrogen-bond donors (Lipinski definition) is 1. The van der Waals surface area contributed by atoms with Crippen molar-refractivity contribution in [3.63, 3.8) is 0 Å². The molecule has 2 saturated heterocycles. The van der Waals surface area contributed by atoms with E-state index in [2.05, 4.69) is 26.1 Å². The molecule has 2 fully saturated rings. The molecular formula is C12H22N2O2. The van der Waals surface area contributed by atoms with E-state index in [1.54, 1.807) is 0 Å². The maximum absolute atomic E-state index is 12.0. The van der Waals surface area contributed by atoms with Crippen LogP contribution in [0.15, 0.2) is 0 Å². The third-order valence-electron chi connectivity index (χ3n) is 3.53. The lowest BCUT2D eigenvalue weighted by atomic mass is 10.0. The molecule has 4 nitrogen and oxygen atoms in total. The fourth-order valence-electron chi connectivity index (χ4n) is 2.79. The highest BCUT2D eigenvalue weighted by atomic mass is 16.6. The molecular weight excluding hydrogens is 204 g/mol. The molecule has 1 amide bonds. The van der Waals surface area contributed by atoms with Crippen molar-refractivity contribution in [2.24, 2.45) is 11.8 Å². The number of nitrogens with zero attached hydrogens (tertiary/aromatic N) is 1. The topological polar surface area (TPSA) is 41.6 Å². The molecule has 0 aromatic carbocycles. The molecule has 4 heteroatoms. The zero-order valence-electron chi connectivity index (χ0n) is 10.4. The van der Waals surface area contributed by atoms with Gasteiger partial charge in [0, 0.05) is 19.1 Å². The minimum atomic E-state index is -0.127. The molecule has 3 atom stereocenters. The Morgan fingerprint density at radius 2 is 2.25 bits per heavy atom. The molecule has 0 aromatic rings. The summed E-state index contributed by atoms with van der Waals surface area (Å²) in [6.07, 6.45) is 0.978. The molecule has 0 unspecified atom stereocenters. The minimum Gasteiger partial charge on any atom is -0.449 e. The van der Waals surface area contributed by atoms with Crippen LogP contribution in [0.1, 0.15) is 27.2 Å². The monoisotopic (exact) mass is 226 g/mol. The van der Waals surface area contributed by atoms with Crippen LogP contribution in [0.4, 0.5) is 4.79 Å². The highest BCUT2D eigenvalue weighted by Gasteiger charge is 2.44. The highest BCUT2D eigenvalue weighted by Crippen LogP contribution is 2.32. The van der Waals surface area contributed by atoms with Crippen molar-refractivity contribution < 1.29 is 9.53 Å². The molecule has 0 radical (unpaired) electrons. The van der Waals surface area contributed by atoms with Crippen LogP contribution < -0.4 is 5.32 Å². The van der Waals surface area contributed by atoms with Gasteiger partial charge in [-0.25, -0.2) is 4.79 Å². The predicted molar refractivity (Wildman–Crippen MR) is 62.3 cm³/mol. The molecule has 2 heterocycles. The van der Waals surface area contributed by atoms with Gasteiger partial charge in [-0.15, -0.1) is 0 Å². The van der Waals surface area contributed by atoms with Gasteiger partial charge in [0.25, 0.3) is 0 Å². The zero-order chi connectivity index (χ0) is 11.7. The first kappa shape index (κ1) is 11.7. The first-order valence-corrected chi connectivity index (χ1v) is 6.25. The van der Waals surface area contributed by atoms with Crippen LogP contribution in [-0.2, 0) is 4.74 Å². The van der Waals surface area contributed by atoms with E-state index in [-0.39, 0.29) is 6.09 Å². The van der Waals surface area contributed by atoms with Crippen LogP contribution >= 0.6 is 0 Å². The van der Waals surface area contributed by atoms with Crippen molar-refractivity contribution in [3.8, 4) is 0 Å². The third-order valence-corrected chi connectivity index (χ3v) is 3.53. The smallest absolute Gasteiger partial charge is 0.410 e. The van der Waals surface area contributed by atoms with E-state index in [0.29, 0.717) is 30.5 Å². The van der Waals surface area contributed by atoms with E-state index >= 15 is 0 Å². The minimum absolute atomic E-state index is 0.127. The summed E-state index contributed by atoms with van der Waals surface area (Å²) in [7, 11) is 0. The maximum atomic E-state index is 12.0. The molecule has 16 heavy (non-hydrogen) atoms. The van der Waals surface area contributed by atoms with Crippen LogP contribution in [0.25, 0.3) is 0 Å². The number of carbonyl (C=O) groups is 1. The normalized spacial score (nSPS) is 33.2. The number of hydrogen-bond acceptors (Lipinski definition) is 3. The first-order valence-electron chi connectivity index (χ1n) is 6.25. The molecule has 0 spiro atoms. The van der Waals surface area contributed by atoms with Crippen molar-refractivity contribution in [1.82, 2.24) is 10.2 Å². The van der Waals surface area contributed by atoms with E-state index in [1.807, 2.05) is 4.90 Å². The van der Waals surface area contributed by atoms with Crippen molar-refractivity contribution in [3.05, 3.63) is 0 Å². The summed E-state index contributed by atoms with van der Waals surface area (Å²) in [5, 5.41) is 3.35. The lowest BCUT2D eigenvalue weighted by molar-refractivity contribution is 0.0778. The van der Waals surface area contributed by atoms with Gasteiger partial charge in [0.05, 0.1) is 12.6 Å². The molecule has 1 N–H and O–H groups in total. The van der Waals surface area contributed by atoms with Gasteiger partial charge in [-0.05, 0) is 25.2 Å². The first-order chi connectivity index (χ1) is 7.59. The molecule has 0 aliphatic carbocycles. The van der Waals surface area contributed by atoms with Gasteiger partial charge in [-0.3, -0.25) is 0 Å². The van der Waals surface area contributed by atoms with Gasteiger partial charge in [-0.2, -0.15) is 0 Å². The lowest BCUT2D eigenvalue weighted by Gasteiger charge is -2.27. The fraction of sp³-hybridized carbons (Fsp3) is 0.917. The second-order valence-electron chi connectivity index (χ2n) is 5.45. The average molecular weight is 226 g/mol. The summed E-state index contributed by atoms with van der Waals surface area (Å²) in [6, 6.07) is 0.687. The Balaban J connectivity index is 1.94. The number of amides is 1. The van der Waals surface area contributed by atoms with Gasteiger partial charge < -0.3 is 15.0 Å². The van der Waals surface area contributed by atoms with Crippen LogP contribution in [-0.4, -0.2) is 42.8 Å². The zero-order valence-corrected chi connectivity index (χ0v) is 10.4. The van der Waals surface area contributed by atoms with Crippen LogP contribution in [0.3, 0.4) is 0 Å². The van der Waals surface area contributed by atoms with Gasteiger partial charge in [0.15, 0.2) is 0 Å². The molecule has 0 bridgehead atoms. The van der Waals surface area contributed by atoms with Crippen molar-refractivity contribution >= 4 is 6.09 Å². The Morgan fingerprint density at radius 3 is 2.94 bits per heavy atom. The number of fused-ring (bicyclic) bond motifs is 1. The molecule has 92 valence electrons. The van der Waals surface area contributed by atoms with Gasteiger partial charge in [0.2, 0.25) is 0 Å². The molecule has 2 rings (SSSR count). The van der Waals surface area contributed by atoms with E-state index in [1.165, 1.54) is 0 Å². The van der Waals surface area contributed by atoms with Crippen LogP contribution in [0.2, 0.25) is 0 Å². The molecule has 2 aliphatic heterocycles. The number of likely N-dealkylation sites (tertiary alicyclic amines) is 1. The standard InChI is InChI=1S/C12H22N2O2/c1-8(2)7-16-12(15)14-9(3)4-10-5-13-6-11(10)14/h8-11,13H,4-7H2,1-3H3/t9-,10+,11+/m0/s1. The Kier molecular flexibility index (Phi) is 3.38. The van der Waals surface area contributed by atoms with E-state index in [9.17, 15) is 4.79 Å². The number of rotatable bonds is 2. The van der Waals surface area contributed by atoms with Crippen molar-refractivity contribution in [1.29, 1.82) is 0 Å². The second-order valence-corrected chi connectivity index (χ2v) is 5.45. The lowest BCUT2D eigenvalue weighted by Crippen LogP contribution is -2.43. The second kappa shape index (κ2) is 4.62. The Morgan fingerprint density at radius 1 is 1.50 bits per heavy atom. The summed E-state index contributed by atoms with van der Waals surface area (Å²) in [5.74, 6) is 1.03. The number of carbonyl (C=O) groups excluding carboxylic acids is 1. The van der Waals surface area contributed by atoms with E-state index < -0.39 is 0 Å². The summed E-state index contributed by atoms with van der Waals surface area (Å²) in [4.78, 5) is 13.9. The van der Waals surface area contributed by atoms with Crippen molar-refractivity contribution in [2.75, 3.05) is 19.7 Å². The predicted octanol–water partition coefficient (Wildman–Crippen LogP) is 1.46. The molecule has 0 aromatic heterocycles. The van der Waals surface area contributed by atoms with E-state index in [4.69, 9.17) is 4.74 Å². The fourth-order valence-corrected chi connectivity index (χ4v) is 2.79. The summed E-state index contributed by atoms with van der Waals surface area (Å²) >= 11 is 0. The summed E-state index contributed by atoms with van der Waals surface area (Å²) < 4.78 is 5.33. The van der Waals surface area contributed by atoms with Crippen LogP contribution in [0, 0.1) is 11.8 Å². The Labute approximate surface area is 97.3 Å². The largest absolute Gasteiger partial charge is 0.449 e. The van der Waals surface area contributed by atoms with Crippen LogP contribution in [0.5, 0.6) is 0 Å². The summed E-state index contributed by atoms with van der Waals surface area (Å²) in [5.41, 5.74) is 0. The van der Waals surface area contributed by atoms with E-state index in [0.717, 1.165) is 19.5 Å². The molecule has 2 aliphatic rings. The van der Waals surface area contributed by atoms with Gasteiger partial charge >= 0.3 is 6.09 Å². The average Bonchev–Trinajstić information content (AvgIpc) is 2.73. The molecule has 0 saturated carbocycles.